The Kier molecular flexibility index (Phi) is 3.92. The van der Waals surface area contributed by atoms with E-state index < -0.39 is 0 Å². The number of rotatable bonds is 2. The number of anilines is 1. The fourth-order valence-electron chi connectivity index (χ4n) is 3.02. The molecule has 0 saturated carbocycles. The first-order valence-corrected chi connectivity index (χ1v) is 7.51. The highest BCUT2D eigenvalue weighted by molar-refractivity contribution is 6.01. The van der Waals surface area contributed by atoms with Gasteiger partial charge in [0.2, 0.25) is 5.91 Å². The summed E-state index contributed by atoms with van der Waals surface area (Å²) in [5, 5.41) is 0. The molecule has 2 amide bonds. The first-order valence-electron chi connectivity index (χ1n) is 7.51. The van der Waals surface area contributed by atoms with Crippen molar-refractivity contribution in [3.63, 3.8) is 0 Å². The SMILES string of the molecule is CCC(=O)N1CCc2c(C(=O)N3CCOCC3)cccc21. The van der Waals surface area contributed by atoms with Crippen LogP contribution in [0.15, 0.2) is 18.2 Å². The van der Waals surface area contributed by atoms with E-state index in [1.54, 1.807) is 4.90 Å². The second kappa shape index (κ2) is 5.85. The number of amides is 2. The first kappa shape index (κ1) is 14.1. The Hall–Kier alpha value is -1.88. The van der Waals surface area contributed by atoms with Crippen LogP contribution in [0, 0.1) is 0 Å². The molecule has 0 N–H and O–H groups in total. The average molecular weight is 288 g/mol. The molecular weight excluding hydrogens is 268 g/mol. The number of carbonyl (C=O) groups excluding carboxylic acids is 2. The summed E-state index contributed by atoms with van der Waals surface area (Å²) in [6.45, 7) is 5.01. The van der Waals surface area contributed by atoms with E-state index in [2.05, 4.69) is 0 Å². The highest BCUT2D eigenvalue weighted by Crippen LogP contribution is 2.31. The minimum atomic E-state index is 0.0564. The molecule has 1 aromatic rings. The van der Waals surface area contributed by atoms with Crippen molar-refractivity contribution in [3.8, 4) is 0 Å². The van der Waals surface area contributed by atoms with Crippen LogP contribution in [0.4, 0.5) is 5.69 Å². The van der Waals surface area contributed by atoms with Gasteiger partial charge in [0.15, 0.2) is 0 Å². The lowest BCUT2D eigenvalue weighted by Crippen LogP contribution is -2.41. The summed E-state index contributed by atoms with van der Waals surface area (Å²) in [4.78, 5) is 28.3. The molecule has 2 aliphatic rings. The Bertz CT molecular complexity index is 565. The standard InChI is InChI=1S/C16H20N2O3/c1-2-15(19)18-7-6-12-13(4-3-5-14(12)18)16(20)17-8-10-21-11-9-17/h3-5H,2,6-11H2,1H3. The smallest absolute Gasteiger partial charge is 0.254 e. The van der Waals surface area contributed by atoms with Crippen molar-refractivity contribution < 1.29 is 14.3 Å². The van der Waals surface area contributed by atoms with Crippen LogP contribution in [0.5, 0.6) is 0 Å². The predicted molar refractivity (Wildman–Crippen MR) is 79.5 cm³/mol. The molecule has 1 aromatic carbocycles. The summed E-state index contributed by atoms with van der Waals surface area (Å²) in [6, 6.07) is 5.68. The van der Waals surface area contributed by atoms with Crippen LogP contribution in [-0.4, -0.2) is 49.6 Å². The summed E-state index contributed by atoms with van der Waals surface area (Å²) in [5.74, 6) is 0.172. The summed E-state index contributed by atoms with van der Waals surface area (Å²) >= 11 is 0. The molecule has 5 heteroatoms. The molecule has 5 nitrogen and oxygen atoms in total. The normalized spacial score (nSPS) is 17.8. The third-order valence-electron chi connectivity index (χ3n) is 4.16. The number of fused-ring (bicyclic) bond motifs is 1. The third-order valence-corrected chi connectivity index (χ3v) is 4.16. The second-order valence-corrected chi connectivity index (χ2v) is 5.36. The van der Waals surface area contributed by atoms with Crippen LogP contribution >= 0.6 is 0 Å². The lowest BCUT2D eigenvalue weighted by atomic mass is 10.0. The zero-order valence-electron chi connectivity index (χ0n) is 12.3. The van der Waals surface area contributed by atoms with E-state index in [4.69, 9.17) is 4.74 Å². The predicted octanol–water partition coefficient (Wildman–Crippen LogP) is 1.46. The van der Waals surface area contributed by atoms with Crippen molar-refractivity contribution in [2.75, 3.05) is 37.7 Å². The quantitative estimate of drug-likeness (QED) is 0.828. The summed E-state index contributed by atoms with van der Waals surface area (Å²) in [6.07, 6.45) is 1.24. The number of hydrogen-bond donors (Lipinski definition) is 0. The van der Waals surface area contributed by atoms with Gasteiger partial charge in [-0.1, -0.05) is 13.0 Å². The van der Waals surface area contributed by atoms with Crippen molar-refractivity contribution in [2.45, 2.75) is 19.8 Å². The van der Waals surface area contributed by atoms with Crippen molar-refractivity contribution in [1.82, 2.24) is 4.90 Å². The molecule has 1 fully saturated rings. The zero-order chi connectivity index (χ0) is 14.8. The molecular formula is C16H20N2O3. The summed E-state index contributed by atoms with van der Waals surface area (Å²) < 4.78 is 5.29. The van der Waals surface area contributed by atoms with Crippen LogP contribution in [0.3, 0.4) is 0 Å². The fourth-order valence-corrected chi connectivity index (χ4v) is 3.02. The lowest BCUT2D eigenvalue weighted by Gasteiger charge is -2.27. The molecule has 3 rings (SSSR count). The topological polar surface area (TPSA) is 49.9 Å². The Morgan fingerprint density at radius 2 is 1.95 bits per heavy atom. The largest absolute Gasteiger partial charge is 0.378 e. The van der Waals surface area contributed by atoms with E-state index >= 15 is 0 Å². The second-order valence-electron chi connectivity index (χ2n) is 5.36. The van der Waals surface area contributed by atoms with Crippen LogP contribution in [-0.2, 0) is 16.0 Å². The highest BCUT2D eigenvalue weighted by atomic mass is 16.5. The maximum atomic E-state index is 12.7. The van der Waals surface area contributed by atoms with Crippen LogP contribution < -0.4 is 4.90 Å². The highest BCUT2D eigenvalue weighted by Gasteiger charge is 2.29. The van der Waals surface area contributed by atoms with Gasteiger partial charge in [0.1, 0.15) is 0 Å². The Morgan fingerprint density at radius 3 is 2.67 bits per heavy atom. The van der Waals surface area contributed by atoms with Gasteiger partial charge < -0.3 is 14.5 Å². The fraction of sp³-hybridized carbons (Fsp3) is 0.500. The Morgan fingerprint density at radius 1 is 1.19 bits per heavy atom. The van der Waals surface area contributed by atoms with E-state index in [9.17, 15) is 9.59 Å². The molecule has 0 unspecified atom stereocenters. The third kappa shape index (κ3) is 2.53. The van der Waals surface area contributed by atoms with E-state index in [1.165, 1.54) is 0 Å². The van der Waals surface area contributed by atoms with Gasteiger partial charge in [-0.05, 0) is 24.1 Å². The van der Waals surface area contributed by atoms with Gasteiger partial charge in [-0.2, -0.15) is 0 Å². The van der Waals surface area contributed by atoms with E-state index in [-0.39, 0.29) is 11.8 Å². The van der Waals surface area contributed by atoms with Gasteiger partial charge >= 0.3 is 0 Å². The van der Waals surface area contributed by atoms with Crippen LogP contribution in [0.1, 0.15) is 29.3 Å². The van der Waals surface area contributed by atoms with E-state index in [0.29, 0.717) is 39.3 Å². The average Bonchev–Trinajstić information content (AvgIpc) is 2.98. The monoisotopic (exact) mass is 288 g/mol. The van der Waals surface area contributed by atoms with Crippen molar-refractivity contribution in [2.24, 2.45) is 0 Å². The molecule has 0 spiro atoms. The minimum absolute atomic E-state index is 0.0564. The molecule has 112 valence electrons. The molecule has 0 aromatic heterocycles. The Balaban J connectivity index is 1.89. The number of benzene rings is 1. The molecule has 0 aliphatic carbocycles. The number of ether oxygens (including phenoxy) is 1. The van der Waals surface area contributed by atoms with Gasteiger partial charge in [0.05, 0.1) is 13.2 Å². The Labute approximate surface area is 124 Å². The maximum absolute atomic E-state index is 12.7. The number of hydrogen-bond acceptors (Lipinski definition) is 3. The molecule has 21 heavy (non-hydrogen) atoms. The van der Waals surface area contributed by atoms with Crippen molar-refractivity contribution in [3.05, 3.63) is 29.3 Å². The molecule has 1 saturated heterocycles. The molecule has 2 aliphatic heterocycles. The maximum Gasteiger partial charge on any atom is 0.254 e. The van der Waals surface area contributed by atoms with Gasteiger partial charge in [0, 0.05) is 37.3 Å². The first-order chi connectivity index (χ1) is 10.2. The minimum Gasteiger partial charge on any atom is -0.378 e. The van der Waals surface area contributed by atoms with Crippen LogP contribution in [0.2, 0.25) is 0 Å². The summed E-state index contributed by atoms with van der Waals surface area (Å²) in [7, 11) is 0. The number of morpholine rings is 1. The van der Waals surface area contributed by atoms with E-state index in [1.807, 2.05) is 30.0 Å². The van der Waals surface area contributed by atoms with Gasteiger partial charge in [0.25, 0.3) is 5.91 Å². The molecule has 0 radical (unpaired) electrons. The van der Waals surface area contributed by atoms with Gasteiger partial charge in [-0.3, -0.25) is 9.59 Å². The van der Waals surface area contributed by atoms with E-state index in [0.717, 1.165) is 23.2 Å². The van der Waals surface area contributed by atoms with Crippen molar-refractivity contribution in [1.29, 1.82) is 0 Å². The van der Waals surface area contributed by atoms with Gasteiger partial charge in [-0.15, -0.1) is 0 Å². The summed E-state index contributed by atoms with van der Waals surface area (Å²) in [5.41, 5.74) is 2.65. The molecule has 0 bridgehead atoms. The zero-order valence-corrected chi connectivity index (χ0v) is 12.3. The van der Waals surface area contributed by atoms with Crippen molar-refractivity contribution >= 4 is 17.5 Å². The van der Waals surface area contributed by atoms with Crippen LogP contribution in [0.25, 0.3) is 0 Å². The van der Waals surface area contributed by atoms with Gasteiger partial charge in [-0.25, -0.2) is 0 Å². The molecule has 2 heterocycles. The molecule has 0 atom stereocenters. The number of nitrogens with zero attached hydrogens (tertiary/aromatic N) is 2. The lowest BCUT2D eigenvalue weighted by molar-refractivity contribution is -0.118. The number of carbonyl (C=O) groups is 2.